The Kier molecular flexibility index (Phi) is 2.70. The predicted molar refractivity (Wildman–Crippen MR) is 66.7 cm³/mol. The molecule has 0 unspecified atom stereocenters. The molecule has 4 nitrogen and oxygen atoms in total. The van der Waals surface area contributed by atoms with E-state index in [4.69, 9.17) is 5.11 Å². The SMILES string of the molecule is OCCc1ccc2c(c1)Nc1nccnc1S2. The second-order valence-electron chi connectivity index (χ2n) is 3.74. The van der Waals surface area contributed by atoms with Crippen molar-refractivity contribution in [3.63, 3.8) is 0 Å². The molecule has 1 aliphatic heterocycles. The molecule has 17 heavy (non-hydrogen) atoms. The van der Waals surface area contributed by atoms with Crippen molar-refractivity contribution in [2.75, 3.05) is 11.9 Å². The van der Waals surface area contributed by atoms with Gasteiger partial charge in [0.05, 0.1) is 5.69 Å². The van der Waals surface area contributed by atoms with Crippen molar-refractivity contribution in [3.05, 3.63) is 36.2 Å². The zero-order chi connectivity index (χ0) is 11.7. The minimum Gasteiger partial charge on any atom is -0.396 e. The van der Waals surface area contributed by atoms with Crippen molar-refractivity contribution in [3.8, 4) is 0 Å². The first-order valence-electron chi connectivity index (χ1n) is 5.36. The summed E-state index contributed by atoms with van der Waals surface area (Å²) in [5, 5.41) is 13.1. The third-order valence-electron chi connectivity index (χ3n) is 2.57. The summed E-state index contributed by atoms with van der Waals surface area (Å²) in [5.41, 5.74) is 2.15. The van der Waals surface area contributed by atoms with Crippen molar-refractivity contribution in [2.45, 2.75) is 16.3 Å². The number of fused-ring (bicyclic) bond motifs is 2. The number of nitrogens with zero attached hydrogens (tertiary/aromatic N) is 2. The lowest BCUT2D eigenvalue weighted by Crippen LogP contribution is -2.04. The number of aromatic nitrogens is 2. The molecule has 0 bridgehead atoms. The fourth-order valence-corrected chi connectivity index (χ4v) is 2.64. The van der Waals surface area contributed by atoms with Crippen molar-refractivity contribution in [1.29, 1.82) is 0 Å². The highest BCUT2D eigenvalue weighted by Crippen LogP contribution is 2.41. The fourth-order valence-electron chi connectivity index (χ4n) is 1.77. The van der Waals surface area contributed by atoms with E-state index in [9.17, 15) is 0 Å². The van der Waals surface area contributed by atoms with Crippen molar-refractivity contribution >= 4 is 23.3 Å². The normalized spacial score (nSPS) is 12.5. The van der Waals surface area contributed by atoms with E-state index in [0.29, 0.717) is 6.42 Å². The molecule has 0 radical (unpaired) electrons. The summed E-state index contributed by atoms with van der Waals surface area (Å²) in [7, 11) is 0. The van der Waals surface area contributed by atoms with E-state index in [0.717, 1.165) is 27.0 Å². The molecule has 2 N–H and O–H groups in total. The Morgan fingerprint density at radius 3 is 3.00 bits per heavy atom. The number of aliphatic hydroxyl groups is 1. The smallest absolute Gasteiger partial charge is 0.163 e. The highest BCUT2D eigenvalue weighted by Gasteiger charge is 2.17. The molecule has 0 amide bonds. The lowest BCUT2D eigenvalue weighted by Gasteiger charge is -2.19. The zero-order valence-electron chi connectivity index (χ0n) is 9.05. The predicted octanol–water partition coefficient (Wildman–Crippen LogP) is 2.22. The molecule has 0 fully saturated rings. The maximum atomic E-state index is 8.93. The maximum Gasteiger partial charge on any atom is 0.163 e. The van der Waals surface area contributed by atoms with E-state index < -0.39 is 0 Å². The number of rotatable bonds is 2. The average Bonchev–Trinajstić information content (AvgIpc) is 2.36. The largest absolute Gasteiger partial charge is 0.396 e. The molecule has 1 aromatic carbocycles. The van der Waals surface area contributed by atoms with Crippen LogP contribution in [0.3, 0.4) is 0 Å². The molecule has 2 heterocycles. The van der Waals surface area contributed by atoms with Crippen LogP contribution in [-0.4, -0.2) is 21.7 Å². The standard InChI is InChI=1S/C12H11N3OS/c16-6-3-8-1-2-10-9(7-8)15-11-12(17-10)14-5-4-13-11/h1-2,4-5,7,16H,3,6H2,(H,13,15). The van der Waals surface area contributed by atoms with Crippen LogP contribution in [0.15, 0.2) is 40.5 Å². The van der Waals surface area contributed by atoms with E-state index in [1.165, 1.54) is 0 Å². The molecular formula is C12H11N3OS. The minimum absolute atomic E-state index is 0.169. The van der Waals surface area contributed by atoms with Gasteiger partial charge in [0.15, 0.2) is 5.82 Å². The molecule has 86 valence electrons. The molecule has 0 spiro atoms. The number of anilines is 2. The van der Waals surface area contributed by atoms with Crippen LogP contribution in [0, 0.1) is 0 Å². The summed E-state index contributed by atoms with van der Waals surface area (Å²) >= 11 is 1.61. The lowest BCUT2D eigenvalue weighted by molar-refractivity contribution is 0.299. The summed E-state index contributed by atoms with van der Waals surface area (Å²) < 4.78 is 0. The van der Waals surface area contributed by atoms with Gasteiger partial charge < -0.3 is 10.4 Å². The Labute approximate surface area is 103 Å². The van der Waals surface area contributed by atoms with Gasteiger partial charge in [-0.15, -0.1) is 0 Å². The lowest BCUT2D eigenvalue weighted by atomic mass is 10.1. The third-order valence-corrected chi connectivity index (χ3v) is 3.64. The number of hydrogen-bond acceptors (Lipinski definition) is 5. The van der Waals surface area contributed by atoms with Crippen LogP contribution in [0.4, 0.5) is 11.5 Å². The van der Waals surface area contributed by atoms with Gasteiger partial charge in [-0.25, -0.2) is 9.97 Å². The van der Waals surface area contributed by atoms with E-state index in [1.807, 2.05) is 6.07 Å². The van der Waals surface area contributed by atoms with Gasteiger partial charge in [0, 0.05) is 23.9 Å². The number of benzene rings is 1. The quantitative estimate of drug-likeness (QED) is 0.725. The fraction of sp³-hybridized carbons (Fsp3) is 0.167. The monoisotopic (exact) mass is 245 g/mol. The van der Waals surface area contributed by atoms with Crippen LogP contribution in [0.5, 0.6) is 0 Å². The molecule has 1 aliphatic rings. The van der Waals surface area contributed by atoms with Gasteiger partial charge in [-0.2, -0.15) is 0 Å². The van der Waals surface area contributed by atoms with E-state index >= 15 is 0 Å². The summed E-state index contributed by atoms with van der Waals surface area (Å²) in [6.45, 7) is 0.169. The van der Waals surface area contributed by atoms with Crippen LogP contribution >= 0.6 is 11.8 Å². The van der Waals surface area contributed by atoms with Gasteiger partial charge in [0.25, 0.3) is 0 Å². The van der Waals surface area contributed by atoms with Crippen molar-refractivity contribution in [1.82, 2.24) is 9.97 Å². The first kappa shape index (κ1) is 10.6. The number of nitrogens with one attached hydrogen (secondary N) is 1. The van der Waals surface area contributed by atoms with Gasteiger partial charge in [0.1, 0.15) is 5.03 Å². The molecule has 2 aromatic rings. The molecule has 0 aliphatic carbocycles. The van der Waals surface area contributed by atoms with Crippen LogP contribution < -0.4 is 5.32 Å². The van der Waals surface area contributed by atoms with E-state index in [2.05, 4.69) is 27.4 Å². The van der Waals surface area contributed by atoms with E-state index in [-0.39, 0.29) is 6.61 Å². The first-order chi connectivity index (χ1) is 8.36. The molecular weight excluding hydrogens is 234 g/mol. The number of hydrogen-bond donors (Lipinski definition) is 2. The maximum absolute atomic E-state index is 8.93. The van der Waals surface area contributed by atoms with Crippen molar-refractivity contribution in [2.24, 2.45) is 0 Å². The van der Waals surface area contributed by atoms with Crippen LogP contribution in [0.1, 0.15) is 5.56 Å². The Morgan fingerprint density at radius 1 is 1.24 bits per heavy atom. The zero-order valence-corrected chi connectivity index (χ0v) is 9.87. The van der Waals surface area contributed by atoms with Crippen LogP contribution in [0.2, 0.25) is 0 Å². The topological polar surface area (TPSA) is 58.0 Å². The second-order valence-corrected chi connectivity index (χ2v) is 4.77. The Morgan fingerprint density at radius 2 is 2.12 bits per heavy atom. The van der Waals surface area contributed by atoms with Gasteiger partial charge in [-0.05, 0) is 24.1 Å². The second kappa shape index (κ2) is 4.35. The summed E-state index contributed by atoms with van der Waals surface area (Å²) in [6, 6.07) is 6.14. The molecule has 0 saturated carbocycles. The van der Waals surface area contributed by atoms with E-state index in [1.54, 1.807) is 24.2 Å². The van der Waals surface area contributed by atoms with Crippen LogP contribution in [0.25, 0.3) is 0 Å². The van der Waals surface area contributed by atoms with Gasteiger partial charge in [-0.3, -0.25) is 0 Å². The summed E-state index contributed by atoms with van der Waals surface area (Å²) in [6.07, 6.45) is 4.04. The highest BCUT2D eigenvalue weighted by molar-refractivity contribution is 7.99. The molecule has 1 aromatic heterocycles. The van der Waals surface area contributed by atoms with Crippen LogP contribution in [-0.2, 0) is 6.42 Å². The molecule has 0 saturated heterocycles. The average molecular weight is 245 g/mol. The Bertz CT molecular complexity index is 559. The summed E-state index contributed by atoms with van der Waals surface area (Å²) in [4.78, 5) is 9.66. The number of aliphatic hydroxyl groups excluding tert-OH is 1. The van der Waals surface area contributed by atoms with Gasteiger partial charge in [-0.1, -0.05) is 17.8 Å². The Balaban J connectivity index is 1.97. The summed E-state index contributed by atoms with van der Waals surface area (Å²) in [5.74, 6) is 0.797. The molecule has 3 rings (SSSR count). The Hall–Kier alpha value is -1.59. The molecule has 5 heteroatoms. The van der Waals surface area contributed by atoms with Gasteiger partial charge in [0.2, 0.25) is 0 Å². The first-order valence-corrected chi connectivity index (χ1v) is 6.18. The highest BCUT2D eigenvalue weighted by atomic mass is 32.2. The third kappa shape index (κ3) is 1.99. The minimum atomic E-state index is 0.169. The van der Waals surface area contributed by atoms with Crippen molar-refractivity contribution < 1.29 is 5.11 Å². The van der Waals surface area contributed by atoms with Gasteiger partial charge >= 0.3 is 0 Å². The molecule has 0 atom stereocenters.